The summed E-state index contributed by atoms with van der Waals surface area (Å²) in [6.45, 7) is 1.43. The summed E-state index contributed by atoms with van der Waals surface area (Å²) in [5.41, 5.74) is 0.184. The topological polar surface area (TPSA) is 90.7 Å². The highest BCUT2D eigenvalue weighted by Gasteiger charge is 2.24. The van der Waals surface area contributed by atoms with E-state index in [0.29, 0.717) is 4.88 Å². The Bertz CT molecular complexity index is 1060. The smallest absolute Gasteiger partial charge is 0.374 e. The quantitative estimate of drug-likeness (QED) is 0.441. The Morgan fingerprint density at radius 2 is 1.81 bits per heavy atom. The van der Waals surface area contributed by atoms with Gasteiger partial charge in [0.2, 0.25) is 11.5 Å². The van der Waals surface area contributed by atoms with Gasteiger partial charge in [-0.25, -0.2) is 13.2 Å². The molecular weight excluding hydrogens is 388 g/mol. The van der Waals surface area contributed by atoms with Crippen LogP contribution in [0.2, 0.25) is 0 Å². The number of rotatable bonds is 7. The number of aryl methyl sites for hydroxylation is 1. The summed E-state index contributed by atoms with van der Waals surface area (Å²) in [6.07, 6.45) is 1.22. The van der Waals surface area contributed by atoms with Gasteiger partial charge in [-0.1, -0.05) is 18.2 Å². The maximum Gasteiger partial charge on any atom is 0.374 e. The van der Waals surface area contributed by atoms with E-state index < -0.39 is 28.2 Å². The Morgan fingerprint density at radius 3 is 2.48 bits per heavy atom. The fraction of sp³-hybridized carbons (Fsp3) is 0.158. The van der Waals surface area contributed by atoms with Gasteiger partial charge in [0.15, 0.2) is 16.4 Å². The van der Waals surface area contributed by atoms with Gasteiger partial charge in [0.1, 0.15) is 0 Å². The molecule has 0 atom stereocenters. The lowest BCUT2D eigenvalue weighted by molar-refractivity contribution is 0.0444. The van der Waals surface area contributed by atoms with E-state index in [1.165, 1.54) is 35.8 Å². The molecule has 0 amide bonds. The summed E-state index contributed by atoms with van der Waals surface area (Å²) in [7, 11) is -3.64. The number of furan rings is 1. The van der Waals surface area contributed by atoms with E-state index in [0.717, 1.165) is 4.88 Å². The fourth-order valence-corrected chi connectivity index (χ4v) is 4.56. The minimum absolute atomic E-state index is 0.147. The lowest BCUT2D eigenvalue weighted by Gasteiger charge is -2.05. The van der Waals surface area contributed by atoms with Gasteiger partial charge in [0, 0.05) is 10.4 Å². The molecule has 3 aromatic rings. The average molecular weight is 404 g/mol. The van der Waals surface area contributed by atoms with E-state index in [9.17, 15) is 18.0 Å². The number of ketones is 1. The van der Waals surface area contributed by atoms with Crippen LogP contribution in [0, 0.1) is 6.92 Å². The fourth-order valence-electron chi connectivity index (χ4n) is 2.40. The number of hydrogen-bond acceptors (Lipinski definition) is 7. The Kier molecular flexibility index (Phi) is 5.57. The number of esters is 1. The van der Waals surface area contributed by atoms with E-state index in [-0.39, 0.29) is 22.0 Å². The molecule has 0 bridgehead atoms. The Labute approximate surface area is 160 Å². The summed E-state index contributed by atoms with van der Waals surface area (Å²) in [4.78, 5) is 25.9. The molecule has 0 N–H and O–H groups in total. The third-order valence-electron chi connectivity index (χ3n) is 3.73. The zero-order valence-electron chi connectivity index (χ0n) is 14.4. The van der Waals surface area contributed by atoms with Crippen molar-refractivity contribution < 1.29 is 27.2 Å². The number of carbonyl (C=O) groups excluding carboxylic acids is 2. The number of carbonyl (C=O) groups is 2. The zero-order chi connectivity index (χ0) is 19.4. The van der Waals surface area contributed by atoms with Crippen molar-refractivity contribution in [3.8, 4) is 0 Å². The first-order chi connectivity index (χ1) is 12.9. The van der Waals surface area contributed by atoms with Crippen molar-refractivity contribution in [2.24, 2.45) is 0 Å². The molecule has 3 rings (SSSR count). The van der Waals surface area contributed by atoms with Crippen LogP contribution < -0.4 is 0 Å². The van der Waals surface area contributed by atoms with Crippen LogP contribution in [0.15, 0.2) is 64.1 Å². The van der Waals surface area contributed by atoms with Crippen LogP contribution in [-0.4, -0.2) is 26.8 Å². The van der Waals surface area contributed by atoms with Crippen molar-refractivity contribution in [2.75, 3.05) is 6.61 Å². The number of sulfone groups is 1. The lowest BCUT2D eigenvalue weighted by Crippen LogP contribution is -2.15. The predicted molar refractivity (Wildman–Crippen MR) is 99.7 cm³/mol. The Hall–Kier alpha value is -2.71. The summed E-state index contributed by atoms with van der Waals surface area (Å²) >= 11 is 1.31. The van der Waals surface area contributed by atoms with Crippen molar-refractivity contribution >= 4 is 32.9 Å². The molecule has 0 aliphatic heterocycles. The van der Waals surface area contributed by atoms with Gasteiger partial charge in [0.05, 0.1) is 21.8 Å². The number of hydrogen-bond donors (Lipinski definition) is 0. The molecule has 0 aliphatic carbocycles. The highest BCUT2D eigenvalue weighted by Crippen LogP contribution is 2.21. The van der Waals surface area contributed by atoms with Gasteiger partial charge in [-0.05, 0) is 37.3 Å². The number of Topliss-reactive ketones (excluding diaryl/α,β-unsaturated/α-hetero) is 1. The van der Waals surface area contributed by atoms with Gasteiger partial charge < -0.3 is 9.15 Å². The molecule has 2 heterocycles. The van der Waals surface area contributed by atoms with E-state index in [1.54, 1.807) is 30.3 Å². The van der Waals surface area contributed by atoms with Crippen LogP contribution in [-0.2, 0) is 20.3 Å². The monoisotopic (exact) mass is 404 g/mol. The maximum absolute atomic E-state index is 12.5. The third kappa shape index (κ3) is 4.53. The summed E-state index contributed by atoms with van der Waals surface area (Å²) in [5.74, 6) is -1.83. The normalized spacial score (nSPS) is 11.3. The zero-order valence-corrected chi connectivity index (χ0v) is 16.0. The van der Waals surface area contributed by atoms with Crippen LogP contribution in [0.4, 0.5) is 0 Å². The van der Waals surface area contributed by atoms with Crippen LogP contribution in [0.1, 0.15) is 30.7 Å². The maximum atomic E-state index is 12.5. The minimum Gasteiger partial charge on any atom is -0.457 e. The van der Waals surface area contributed by atoms with Gasteiger partial charge in [-0.3, -0.25) is 4.79 Å². The number of ether oxygens (including phenoxy) is 1. The van der Waals surface area contributed by atoms with Gasteiger partial charge in [0.25, 0.3) is 0 Å². The molecule has 27 heavy (non-hydrogen) atoms. The molecule has 0 spiro atoms. The molecule has 1 aromatic carbocycles. The van der Waals surface area contributed by atoms with Gasteiger partial charge in [-0.15, -0.1) is 11.3 Å². The van der Waals surface area contributed by atoms with Crippen LogP contribution in [0.25, 0.3) is 0 Å². The van der Waals surface area contributed by atoms with Crippen molar-refractivity contribution in [1.29, 1.82) is 0 Å². The number of thiophene rings is 1. The molecule has 8 heteroatoms. The summed E-state index contributed by atoms with van der Waals surface area (Å²) in [6, 6.07) is 12.8. The molecular formula is C19H16O6S2. The molecule has 140 valence electrons. The second kappa shape index (κ2) is 7.89. The van der Waals surface area contributed by atoms with E-state index in [2.05, 4.69) is 0 Å². The lowest BCUT2D eigenvalue weighted by atomic mass is 10.3. The molecule has 2 aromatic heterocycles. The third-order valence-corrected chi connectivity index (χ3v) is 6.45. The molecule has 0 saturated heterocycles. The Balaban J connectivity index is 1.69. The van der Waals surface area contributed by atoms with Gasteiger partial charge >= 0.3 is 5.97 Å². The largest absolute Gasteiger partial charge is 0.457 e. The molecule has 0 radical (unpaired) electrons. The molecule has 0 unspecified atom stereocenters. The summed E-state index contributed by atoms with van der Waals surface area (Å²) in [5, 5.41) is 0. The highest BCUT2D eigenvalue weighted by atomic mass is 32.2. The van der Waals surface area contributed by atoms with E-state index in [4.69, 9.17) is 9.15 Å². The molecule has 0 fully saturated rings. The van der Waals surface area contributed by atoms with E-state index >= 15 is 0 Å². The first-order valence-corrected chi connectivity index (χ1v) is 10.4. The molecule has 0 saturated carbocycles. The summed E-state index contributed by atoms with van der Waals surface area (Å²) < 4.78 is 35.1. The minimum atomic E-state index is -3.64. The molecule has 6 nitrogen and oxygen atoms in total. The standard InChI is InChI=1S/C19H16O6S2/c1-13-7-8-17(26-13)16(20)11-25-19(21)18-14(9-10-24-18)12-27(22,23)15-5-3-2-4-6-15/h2-10H,11-12H2,1H3. The highest BCUT2D eigenvalue weighted by molar-refractivity contribution is 7.90. The average Bonchev–Trinajstić information content (AvgIpc) is 3.29. The second-order valence-electron chi connectivity index (χ2n) is 5.76. The second-order valence-corrected chi connectivity index (χ2v) is 9.03. The first kappa shape index (κ1) is 19.1. The Morgan fingerprint density at radius 1 is 1.07 bits per heavy atom. The van der Waals surface area contributed by atoms with Crippen molar-refractivity contribution in [1.82, 2.24) is 0 Å². The van der Waals surface area contributed by atoms with Crippen LogP contribution in [0.3, 0.4) is 0 Å². The first-order valence-electron chi connectivity index (χ1n) is 7.98. The SMILES string of the molecule is Cc1ccc(C(=O)COC(=O)c2occc2CS(=O)(=O)c2ccccc2)s1. The van der Waals surface area contributed by atoms with Gasteiger partial charge in [-0.2, -0.15) is 0 Å². The van der Waals surface area contributed by atoms with Crippen molar-refractivity contribution in [3.05, 3.63) is 75.9 Å². The molecule has 0 aliphatic rings. The predicted octanol–water partition coefficient (Wildman–Crippen LogP) is 3.66. The van der Waals surface area contributed by atoms with Crippen LogP contribution >= 0.6 is 11.3 Å². The van der Waals surface area contributed by atoms with Crippen LogP contribution in [0.5, 0.6) is 0 Å². The van der Waals surface area contributed by atoms with Crippen molar-refractivity contribution in [2.45, 2.75) is 17.6 Å². The van der Waals surface area contributed by atoms with Crippen molar-refractivity contribution in [3.63, 3.8) is 0 Å². The van der Waals surface area contributed by atoms with E-state index in [1.807, 2.05) is 6.92 Å². The number of benzene rings is 1.